The van der Waals surface area contributed by atoms with Crippen molar-refractivity contribution in [3.8, 4) is 0 Å². The number of nitrogens with one attached hydrogen (secondary N) is 1. The number of hydrogen-bond donors (Lipinski definition) is 1. The average molecular weight is 264 g/mol. The van der Waals surface area contributed by atoms with Crippen molar-refractivity contribution in [2.24, 2.45) is 0 Å². The summed E-state index contributed by atoms with van der Waals surface area (Å²) in [6.45, 7) is 2.34. The third kappa shape index (κ3) is 4.60. The van der Waals surface area contributed by atoms with Crippen molar-refractivity contribution in [3.05, 3.63) is 34.6 Å². The molecule has 0 saturated heterocycles. The van der Waals surface area contributed by atoms with Crippen molar-refractivity contribution in [1.82, 2.24) is 5.32 Å². The maximum Gasteiger partial charge on any atom is 0.129 e. The highest BCUT2D eigenvalue weighted by Gasteiger charge is 2.06. The van der Waals surface area contributed by atoms with Gasteiger partial charge in [0.2, 0.25) is 0 Å². The van der Waals surface area contributed by atoms with Crippen molar-refractivity contribution in [2.75, 3.05) is 12.0 Å². The molecule has 1 aromatic rings. The molecule has 90 valence electrons. The molecule has 2 nitrogen and oxygen atoms in total. The van der Waals surface area contributed by atoms with E-state index in [1.807, 2.05) is 6.92 Å². The minimum absolute atomic E-state index is 0.0981. The van der Waals surface area contributed by atoms with Crippen LogP contribution in [0.2, 0.25) is 5.02 Å². The molecule has 0 aliphatic rings. The van der Waals surface area contributed by atoms with Crippen LogP contribution in [0, 0.1) is 5.82 Å². The molecule has 2 atom stereocenters. The van der Waals surface area contributed by atoms with Crippen LogP contribution in [0.5, 0.6) is 0 Å². The second-order valence-corrected chi connectivity index (χ2v) is 5.67. The number of hydrogen-bond acceptors (Lipinski definition) is 2. The average Bonchev–Trinajstić information content (AvgIpc) is 2.15. The highest BCUT2D eigenvalue weighted by molar-refractivity contribution is 7.84. The van der Waals surface area contributed by atoms with Gasteiger partial charge < -0.3 is 5.32 Å². The van der Waals surface area contributed by atoms with Gasteiger partial charge in [0.25, 0.3) is 0 Å². The fourth-order valence-electron chi connectivity index (χ4n) is 1.36. The Balaban J connectivity index is 2.51. The van der Waals surface area contributed by atoms with Gasteiger partial charge >= 0.3 is 0 Å². The van der Waals surface area contributed by atoms with E-state index in [1.54, 1.807) is 18.4 Å². The van der Waals surface area contributed by atoms with Crippen LogP contribution >= 0.6 is 11.6 Å². The maximum absolute atomic E-state index is 13.4. The molecule has 0 bridgehead atoms. The number of rotatable bonds is 5. The van der Waals surface area contributed by atoms with Crippen molar-refractivity contribution in [3.63, 3.8) is 0 Å². The lowest BCUT2D eigenvalue weighted by Crippen LogP contribution is -2.30. The van der Waals surface area contributed by atoms with E-state index in [2.05, 4.69) is 5.32 Å². The molecular formula is C11H15ClFNOS. The molecule has 0 aliphatic carbocycles. The van der Waals surface area contributed by atoms with E-state index in [-0.39, 0.29) is 11.9 Å². The molecule has 0 aromatic heterocycles. The van der Waals surface area contributed by atoms with Gasteiger partial charge in [-0.1, -0.05) is 17.7 Å². The molecular weight excluding hydrogens is 249 g/mol. The van der Waals surface area contributed by atoms with Gasteiger partial charge in [0.1, 0.15) is 5.82 Å². The van der Waals surface area contributed by atoms with Gasteiger partial charge in [-0.3, -0.25) is 4.21 Å². The molecule has 0 amide bonds. The molecule has 0 aliphatic heterocycles. The topological polar surface area (TPSA) is 29.1 Å². The van der Waals surface area contributed by atoms with Crippen molar-refractivity contribution < 1.29 is 8.60 Å². The van der Waals surface area contributed by atoms with E-state index in [4.69, 9.17) is 11.6 Å². The van der Waals surface area contributed by atoms with Crippen LogP contribution in [0.4, 0.5) is 4.39 Å². The molecule has 0 heterocycles. The van der Waals surface area contributed by atoms with Crippen LogP contribution in [-0.4, -0.2) is 22.3 Å². The van der Waals surface area contributed by atoms with Crippen LogP contribution < -0.4 is 5.32 Å². The largest absolute Gasteiger partial charge is 0.309 e. The summed E-state index contributed by atoms with van der Waals surface area (Å²) in [5.41, 5.74) is 0.568. The highest BCUT2D eigenvalue weighted by Crippen LogP contribution is 2.14. The number of halogens is 2. The van der Waals surface area contributed by atoms with E-state index in [9.17, 15) is 8.60 Å². The first kappa shape index (κ1) is 13.6. The molecule has 0 radical (unpaired) electrons. The van der Waals surface area contributed by atoms with Gasteiger partial charge in [0, 0.05) is 46.0 Å². The van der Waals surface area contributed by atoms with Gasteiger partial charge in [-0.15, -0.1) is 0 Å². The summed E-state index contributed by atoms with van der Waals surface area (Å²) in [5, 5.41) is 3.51. The van der Waals surface area contributed by atoms with E-state index < -0.39 is 10.8 Å². The van der Waals surface area contributed by atoms with E-state index in [0.29, 0.717) is 22.9 Å². The SMILES string of the molecule is CC(CS(C)=O)NCc1ccc(Cl)cc1F. The Morgan fingerprint density at radius 2 is 2.25 bits per heavy atom. The van der Waals surface area contributed by atoms with Gasteiger partial charge in [0.15, 0.2) is 0 Å². The molecule has 0 saturated carbocycles. The highest BCUT2D eigenvalue weighted by atomic mass is 35.5. The summed E-state index contributed by atoms with van der Waals surface area (Å²) < 4.78 is 24.3. The van der Waals surface area contributed by atoms with Gasteiger partial charge in [-0.25, -0.2) is 4.39 Å². The zero-order chi connectivity index (χ0) is 12.1. The lowest BCUT2D eigenvalue weighted by molar-refractivity contribution is 0.554. The predicted octanol–water partition coefficient (Wildman–Crippen LogP) is 2.34. The quantitative estimate of drug-likeness (QED) is 0.884. The first-order valence-electron chi connectivity index (χ1n) is 4.96. The second kappa shape index (κ2) is 6.33. The lowest BCUT2D eigenvalue weighted by Gasteiger charge is -2.12. The smallest absolute Gasteiger partial charge is 0.129 e. The second-order valence-electron chi connectivity index (χ2n) is 3.76. The third-order valence-electron chi connectivity index (χ3n) is 2.14. The van der Waals surface area contributed by atoms with Crippen LogP contribution in [0.25, 0.3) is 0 Å². The molecule has 16 heavy (non-hydrogen) atoms. The molecule has 0 fully saturated rings. The van der Waals surface area contributed by atoms with Crippen LogP contribution in [-0.2, 0) is 17.3 Å². The van der Waals surface area contributed by atoms with Crippen LogP contribution in [0.15, 0.2) is 18.2 Å². The zero-order valence-electron chi connectivity index (χ0n) is 9.30. The fraction of sp³-hybridized carbons (Fsp3) is 0.455. The van der Waals surface area contributed by atoms with Gasteiger partial charge in [0.05, 0.1) is 0 Å². The fourth-order valence-corrected chi connectivity index (χ4v) is 2.34. The van der Waals surface area contributed by atoms with Crippen molar-refractivity contribution in [2.45, 2.75) is 19.5 Å². The lowest BCUT2D eigenvalue weighted by atomic mass is 10.2. The first-order chi connectivity index (χ1) is 7.49. The molecule has 1 rings (SSSR count). The Kier molecular flexibility index (Phi) is 5.38. The summed E-state index contributed by atoms with van der Waals surface area (Å²) >= 11 is 5.65. The molecule has 0 spiro atoms. The predicted molar refractivity (Wildman–Crippen MR) is 66.6 cm³/mol. The van der Waals surface area contributed by atoms with Crippen molar-refractivity contribution in [1.29, 1.82) is 0 Å². The summed E-state index contributed by atoms with van der Waals surface area (Å²) in [6, 6.07) is 4.70. The first-order valence-corrected chi connectivity index (χ1v) is 7.07. The molecule has 1 N–H and O–H groups in total. The summed E-state index contributed by atoms with van der Waals surface area (Å²) in [7, 11) is -0.840. The third-order valence-corrected chi connectivity index (χ3v) is 3.35. The van der Waals surface area contributed by atoms with Crippen LogP contribution in [0.1, 0.15) is 12.5 Å². The monoisotopic (exact) mass is 263 g/mol. The van der Waals surface area contributed by atoms with Gasteiger partial charge in [-0.2, -0.15) is 0 Å². The zero-order valence-corrected chi connectivity index (χ0v) is 10.9. The molecule has 2 unspecified atom stereocenters. The minimum Gasteiger partial charge on any atom is -0.309 e. The molecule has 1 aromatic carbocycles. The standard InChI is InChI=1S/C11H15ClFNOS/c1-8(7-16(2)15)14-6-9-3-4-10(12)5-11(9)13/h3-5,8,14H,6-7H2,1-2H3. The Morgan fingerprint density at radius 3 is 2.81 bits per heavy atom. The summed E-state index contributed by atoms with van der Waals surface area (Å²) in [4.78, 5) is 0. The minimum atomic E-state index is -0.840. The van der Waals surface area contributed by atoms with E-state index >= 15 is 0 Å². The number of benzene rings is 1. The Labute approximate surface area is 103 Å². The normalized spacial score (nSPS) is 14.8. The van der Waals surface area contributed by atoms with Crippen LogP contribution in [0.3, 0.4) is 0 Å². The Bertz CT molecular complexity index is 386. The van der Waals surface area contributed by atoms with E-state index in [0.717, 1.165) is 0 Å². The Hall–Kier alpha value is -0.450. The van der Waals surface area contributed by atoms with Crippen molar-refractivity contribution >= 4 is 22.4 Å². The molecule has 5 heteroatoms. The summed E-state index contributed by atoms with van der Waals surface area (Å²) in [5.74, 6) is 0.250. The van der Waals surface area contributed by atoms with Gasteiger partial charge in [-0.05, 0) is 19.1 Å². The van der Waals surface area contributed by atoms with E-state index in [1.165, 1.54) is 6.07 Å². The maximum atomic E-state index is 13.4. The summed E-state index contributed by atoms with van der Waals surface area (Å²) in [6.07, 6.45) is 1.65. The Morgan fingerprint density at radius 1 is 1.56 bits per heavy atom.